The zero-order valence-electron chi connectivity index (χ0n) is 13.7. The molecule has 0 saturated heterocycles. The third-order valence-corrected chi connectivity index (χ3v) is 3.82. The average Bonchev–Trinajstić information content (AvgIpc) is 2.86. The molecule has 0 radical (unpaired) electrons. The van der Waals surface area contributed by atoms with Gasteiger partial charge in [-0.3, -0.25) is 4.57 Å². The van der Waals surface area contributed by atoms with Crippen LogP contribution in [-0.2, 0) is 0 Å². The van der Waals surface area contributed by atoms with Crippen LogP contribution in [0.1, 0.15) is 45.9 Å². The fourth-order valence-corrected chi connectivity index (χ4v) is 3.10. The summed E-state index contributed by atoms with van der Waals surface area (Å²) in [4.78, 5) is 9.43. The summed E-state index contributed by atoms with van der Waals surface area (Å²) in [6, 6.07) is 14.4. The minimum absolute atomic E-state index is 0.270. The van der Waals surface area contributed by atoms with Crippen molar-refractivity contribution in [3.05, 3.63) is 54.5 Å². The molecule has 114 valence electrons. The summed E-state index contributed by atoms with van der Waals surface area (Å²) < 4.78 is 2.20. The van der Waals surface area contributed by atoms with Crippen molar-refractivity contribution in [1.82, 2.24) is 14.5 Å². The van der Waals surface area contributed by atoms with Gasteiger partial charge in [0.05, 0.1) is 0 Å². The van der Waals surface area contributed by atoms with E-state index in [9.17, 15) is 0 Å². The minimum Gasteiger partial charge on any atom is -0.280 e. The predicted molar refractivity (Wildman–Crippen MR) is 91.4 cm³/mol. The Morgan fingerprint density at radius 1 is 1.05 bits per heavy atom. The molecule has 3 aromatic rings. The molecule has 0 aliphatic carbocycles. The smallest absolute Gasteiger partial charge is 0.164 e. The van der Waals surface area contributed by atoms with Crippen LogP contribution in [0.15, 0.2) is 48.7 Å². The van der Waals surface area contributed by atoms with E-state index in [-0.39, 0.29) is 5.41 Å². The Morgan fingerprint density at radius 2 is 1.77 bits per heavy atom. The van der Waals surface area contributed by atoms with Crippen LogP contribution in [0.4, 0.5) is 0 Å². The average molecular weight is 293 g/mol. The van der Waals surface area contributed by atoms with Crippen LogP contribution in [0.5, 0.6) is 0 Å². The van der Waals surface area contributed by atoms with Crippen LogP contribution < -0.4 is 0 Å². The van der Waals surface area contributed by atoms with Crippen molar-refractivity contribution in [3.63, 3.8) is 0 Å². The molecular weight excluding hydrogens is 270 g/mol. The van der Waals surface area contributed by atoms with E-state index in [4.69, 9.17) is 4.98 Å². The molecule has 2 heterocycles. The minimum atomic E-state index is 0.270. The Labute approximate surface area is 132 Å². The Kier molecular flexibility index (Phi) is 3.73. The number of imidazole rings is 1. The molecule has 0 bridgehead atoms. The molecule has 22 heavy (non-hydrogen) atoms. The number of aromatic nitrogens is 3. The molecule has 0 aliphatic rings. The first kappa shape index (κ1) is 14.8. The van der Waals surface area contributed by atoms with Gasteiger partial charge in [0.1, 0.15) is 11.3 Å². The molecule has 3 heteroatoms. The van der Waals surface area contributed by atoms with Crippen LogP contribution in [0.25, 0.3) is 16.9 Å². The van der Waals surface area contributed by atoms with E-state index in [1.807, 2.05) is 24.4 Å². The van der Waals surface area contributed by atoms with Crippen molar-refractivity contribution < 1.29 is 0 Å². The predicted octanol–water partition coefficient (Wildman–Crippen LogP) is 4.96. The molecule has 0 fully saturated rings. The van der Waals surface area contributed by atoms with Crippen molar-refractivity contribution >= 4 is 11.2 Å². The highest BCUT2D eigenvalue weighted by atomic mass is 15.1. The van der Waals surface area contributed by atoms with Crippen LogP contribution in [0.2, 0.25) is 0 Å². The van der Waals surface area contributed by atoms with Crippen LogP contribution in [0.3, 0.4) is 0 Å². The number of pyridine rings is 1. The van der Waals surface area contributed by atoms with Gasteiger partial charge in [-0.15, -0.1) is 0 Å². The topological polar surface area (TPSA) is 30.7 Å². The van der Waals surface area contributed by atoms with Gasteiger partial charge in [0.15, 0.2) is 5.65 Å². The largest absolute Gasteiger partial charge is 0.280 e. The SMILES string of the molecule is CC(CC(C)(C)C)c1nc2cccnc2n1-c1ccccc1. The summed E-state index contributed by atoms with van der Waals surface area (Å²) in [7, 11) is 0. The lowest BCUT2D eigenvalue weighted by atomic mass is 9.85. The number of rotatable bonds is 3. The second kappa shape index (κ2) is 5.56. The van der Waals surface area contributed by atoms with Crippen LogP contribution >= 0.6 is 0 Å². The first-order chi connectivity index (χ1) is 10.5. The van der Waals surface area contributed by atoms with Crippen molar-refractivity contribution in [3.8, 4) is 5.69 Å². The second-order valence-electron chi connectivity index (χ2n) is 7.15. The maximum absolute atomic E-state index is 4.87. The Bertz CT molecular complexity index is 766. The van der Waals surface area contributed by atoms with Gasteiger partial charge in [0.25, 0.3) is 0 Å². The van der Waals surface area contributed by atoms with Crippen molar-refractivity contribution in [2.75, 3.05) is 0 Å². The van der Waals surface area contributed by atoms with E-state index < -0.39 is 0 Å². The standard InChI is InChI=1S/C19H23N3/c1-14(13-19(2,3)4)17-21-16-11-8-12-20-18(16)22(17)15-9-6-5-7-10-15/h5-12,14H,13H2,1-4H3. The summed E-state index contributed by atoms with van der Waals surface area (Å²) in [5.41, 5.74) is 3.29. The van der Waals surface area contributed by atoms with E-state index in [1.165, 1.54) is 0 Å². The second-order valence-corrected chi connectivity index (χ2v) is 7.15. The number of hydrogen-bond acceptors (Lipinski definition) is 2. The summed E-state index contributed by atoms with van der Waals surface area (Å²) >= 11 is 0. The zero-order chi connectivity index (χ0) is 15.7. The highest BCUT2D eigenvalue weighted by molar-refractivity contribution is 5.74. The Balaban J connectivity index is 2.17. The van der Waals surface area contributed by atoms with Gasteiger partial charge in [-0.2, -0.15) is 0 Å². The first-order valence-electron chi connectivity index (χ1n) is 7.84. The summed E-state index contributed by atoms with van der Waals surface area (Å²) in [6.07, 6.45) is 2.92. The van der Waals surface area contributed by atoms with Gasteiger partial charge in [-0.1, -0.05) is 45.9 Å². The van der Waals surface area contributed by atoms with E-state index in [1.54, 1.807) is 0 Å². The number of para-hydroxylation sites is 1. The normalized spacial score (nSPS) is 13.5. The van der Waals surface area contributed by atoms with Crippen molar-refractivity contribution in [2.45, 2.75) is 40.0 Å². The van der Waals surface area contributed by atoms with Gasteiger partial charge in [0, 0.05) is 17.8 Å². The lowest BCUT2D eigenvalue weighted by molar-refractivity contribution is 0.342. The highest BCUT2D eigenvalue weighted by Gasteiger charge is 2.23. The van der Waals surface area contributed by atoms with Gasteiger partial charge in [-0.05, 0) is 36.1 Å². The molecule has 0 N–H and O–H groups in total. The van der Waals surface area contributed by atoms with Crippen LogP contribution in [0, 0.1) is 5.41 Å². The zero-order valence-corrected chi connectivity index (χ0v) is 13.7. The molecule has 0 aliphatic heterocycles. The molecular formula is C19H23N3. The Morgan fingerprint density at radius 3 is 2.45 bits per heavy atom. The molecule has 0 amide bonds. The number of nitrogens with zero attached hydrogens (tertiary/aromatic N) is 3. The molecule has 1 unspecified atom stereocenters. The van der Waals surface area contributed by atoms with Gasteiger partial charge in [0.2, 0.25) is 0 Å². The van der Waals surface area contributed by atoms with E-state index in [2.05, 4.69) is 61.5 Å². The van der Waals surface area contributed by atoms with E-state index in [0.29, 0.717) is 5.92 Å². The lowest BCUT2D eigenvalue weighted by Crippen LogP contribution is -2.13. The molecule has 0 saturated carbocycles. The summed E-state index contributed by atoms with van der Waals surface area (Å²) in [6.45, 7) is 9.08. The first-order valence-corrected chi connectivity index (χ1v) is 7.84. The molecule has 2 aromatic heterocycles. The number of hydrogen-bond donors (Lipinski definition) is 0. The fraction of sp³-hybridized carbons (Fsp3) is 0.368. The fourth-order valence-electron chi connectivity index (χ4n) is 3.10. The molecule has 3 rings (SSSR count). The molecule has 3 nitrogen and oxygen atoms in total. The molecule has 1 aromatic carbocycles. The maximum Gasteiger partial charge on any atom is 0.164 e. The van der Waals surface area contributed by atoms with Crippen molar-refractivity contribution in [2.24, 2.45) is 5.41 Å². The third kappa shape index (κ3) is 2.89. The van der Waals surface area contributed by atoms with Gasteiger partial charge < -0.3 is 0 Å². The quantitative estimate of drug-likeness (QED) is 0.683. The summed E-state index contributed by atoms with van der Waals surface area (Å²) in [5.74, 6) is 1.46. The molecule has 0 spiro atoms. The maximum atomic E-state index is 4.87. The number of fused-ring (bicyclic) bond motifs is 1. The Hall–Kier alpha value is -2.16. The monoisotopic (exact) mass is 293 g/mol. The van der Waals surface area contributed by atoms with E-state index >= 15 is 0 Å². The van der Waals surface area contributed by atoms with E-state index in [0.717, 1.165) is 29.1 Å². The van der Waals surface area contributed by atoms with Crippen molar-refractivity contribution in [1.29, 1.82) is 0 Å². The number of benzene rings is 1. The lowest BCUT2D eigenvalue weighted by Gasteiger charge is -2.23. The van der Waals surface area contributed by atoms with Crippen LogP contribution in [-0.4, -0.2) is 14.5 Å². The third-order valence-electron chi connectivity index (χ3n) is 3.82. The van der Waals surface area contributed by atoms with Gasteiger partial charge in [-0.25, -0.2) is 9.97 Å². The molecule has 1 atom stereocenters. The highest BCUT2D eigenvalue weighted by Crippen LogP contribution is 2.33. The van der Waals surface area contributed by atoms with Gasteiger partial charge >= 0.3 is 0 Å². The summed E-state index contributed by atoms with van der Waals surface area (Å²) in [5, 5.41) is 0.